The molecule has 2 aliphatic heterocycles. The molecule has 0 aromatic heterocycles. The molecule has 0 saturated carbocycles. The molecule has 2 rings (SSSR count). The first-order chi connectivity index (χ1) is 8.77. The molecular formula is C14H25NO3. The summed E-state index contributed by atoms with van der Waals surface area (Å²) in [5, 5.41) is 0. The molecule has 0 unspecified atom stereocenters. The number of piperidine rings is 1. The van der Waals surface area contributed by atoms with Gasteiger partial charge in [-0.25, -0.2) is 0 Å². The summed E-state index contributed by atoms with van der Waals surface area (Å²) in [5.74, 6) is -0.0510. The van der Waals surface area contributed by atoms with Crippen molar-refractivity contribution in [3.63, 3.8) is 0 Å². The maximum Gasteiger partial charge on any atom is 0.307 e. The standard InChI is InChI=1S/C14H25NO3/c1-2-18-13(16)12-14(6-10-17-11-7-14)15-8-4-3-5-9-15/h2-12H2,1H3. The van der Waals surface area contributed by atoms with E-state index in [2.05, 4.69) is 4.90 Å². The SMILES string of the molecule is CCOC(=O)CC1(N2CCCCC2)CCOCC1. The second-order valence-electron chi connectivity index (χ2n) is 5.37. The fraction of sp³-hybridized carbons (Fsp3) is 0.929. The molecule has 18 heavy (non-hydrogen) atoms. The number of carbonyl (C=O) groups excluding carboxylic acids is 1. The van der Waals surface area contributed by atoms with Gasteiger partial charge in [-0.05, 0) is 45.7 Å². The molecule has 104 valence electrons. The van der Waals surface area contributed by atoms with Crippen molar-refractivity contribution >= 4 is 5.97 Å². The van der Waals surface area contributed by atoms with Crippen LogP contribution >= 0.6 is 0 Å². The largest absolute Gasteiger partial charge is 0.466 e. The minimum atomic E-state index is -0.0510. The predicted molar refractivity (Wildman–Crippen MR) is 69.5 cm³/mol. The summed E-state index contributed by atoms with van der Waals surface area (Å²) in [6, 6.07) is 0. The van der Waals surface area contributed by atoms with Gasteiger partial charge in [-0.15, -0.1) is 0 Å². The topological polar surface area (TPSA) is 38.8 Å². The molecule has 0 aliphatic carbocycles. The van der Waals surface area contributed by atoms with E-state index in [-0.39, 0.29) is 11.5 Å². The lowest BCUT2D eigenvalue weighted by molar-refractivity contribution is -0.149. The van der Waals surface area contributed by atoms with Crippen LogP contribution in [0.5, 0.6) is 0 Å². The summed E-state index contributed by atoms with van der Waals surface area (Å²) in [4.78, 5) is 14.4. The highest BCUT2D eigenvalue weighted by atomic mass is 16.5. The fourth-order valence-electron chi connectivity index (χ4n) is 3.21. The van der Waals surface area contributed by atoms with Gasteiger partial charge in [0.15, 0.2) is 0 Å². The number of carbonyl (C=O) groups is 1. The Morgan fingerprint density at radius 3 is 2.50 bits per heavy atom. The van der Waals surface area contributed by atoms with Gasteiger partial charge in [-0.2, -0.15) is 0 Å². The van der Waals surface area contributed by atoms with E-state index in [4.69, 9.17) is 9.47 Å². The summed E-state index contributed by atoms with van der Waals surface area (Å²) in [6.45, 7) is 6.14. The Morgan fingerprint density at radius 1 is 1.22 bits per heavy atom. The molecule has 4 heteroatoms. The number of nitrogens with zero attached hydrogens (tertiary/aromatic N) is 1. The van der Waals surface area contributed by atoms with E-state index in [0.717, 1.165) is 39.1 Å². The normalized spacial score (nSPS) is 24.7. The van der Waals surface area contributed by atoms with Crippen molar-refractivity contribution in [3.05, 3.63) is 0 Å². The molecule has 0 radical (unpaired) electrons. The van der Waals surface area contributed by atoms with Gasteiger partial charge in [0.25, 0.3) is 0 Å². The van der Waals surface area contributed by atoms with E-state index in [1.54, 1.807) is 0 Å². The minimum absolute atomic E-state index is 0.00488. The second kappa shape index (κ2) is 6.53. The zero-order chi connectivity index (χ0) is 12.8. The molecule has 2 aliphatic rings. The summed E-state index contributed by atoms with van der Waals surface area (Å²) in [7, 11) is 0. The van der Waals surface area contributed by atoms with Crippen molar-refractivity contribution in [2.45, 2.75) is 51.0 Å². The summed E-state index contributed by atoms with van der Waals surface area (Å²) >= 11 is 0. The van der Waals surface area contributed by atoms with Crippen LogP contribution in [0.4, 0.5) is 0 Å². The molecular weight excluding hydrogens is 230 g/mol. The van der Waals surface area contributed by atoms with Gasteiger partial charge in [-0.3, -0.25) is 9.69 Å². The van der Waals surface area contributed by atoms with E-state index in [1.165, 1.54) is 19.3 Å². The molecule has 0 amide bonds. The zero-order valence-electron chi connectivity index (χ0n) is 11.5. The summed E-state index contributed by atoms with van der Waals surface area (Å²) < 4.78 is 10.6. The van der Waals surface area contributed by atoms with Crippen LogP contribution < -0.4 is 0 Å². The lowest BCUT2D eigenvalue weighted by Crippen LogP contribution is -2.55. The third-order valence-corrected chi connectivity index (χ3v) is 4.23. The van der Waals surface area contributed by atoms with Crippen molar-refractivity contribution in [3.8, 4) is 0 Å². The second-order valence-corrected chi connectivity index (χ2v) is 5.37. The monoisotopic (exact) mass is 255 g/mol. The lowest BCUT2D eigenvalue weighted by Gasteiger charge is -2.47. The van der Waals surface area contributed by atoms with Crippen molar-refractivity contribution in [2.24, 2.45) is 0 Å². The molecule has 0 aromatic rings. The first kappa shape index (κ1) is 13.8. The zero-order valence-corrected chi connectivity index (χ0v) is 11.5. The summed E-state index contributed by atoms with van der Waals surface area (Å²) in [5.41, 5.74) is 0.00488. The van der Waals surface area contributed by atoms with Gasteiger partial charge >= 0.3 is 5.97 Å². The van der Waals surface area contributed by atoms with E-state index in [9.17, 15) is 4.79 Å². The molecule has 0 atom stereocenters. The van der Waals surface area contributed by atoms with E-state index in [1.807, 2.05) is 6.92 Å². The van der Waals surface area contributed by atoms with Gasteiger partial charge in [0.1, 0.15) is 0 Å². The van der Waals surface area contributed by atoms with Crippen LogP contribution in [0, 0.1) is 0 Å². The van der Waals surface area contributed by atoms with Crippen LogP contribution in [0.2, 0.25) is 0 Å². The molecule has 0 aromatic carbocycles. The van der Waals surface area contributed by atoms with Crippen LogP contribution in [0.25, 0.3) is 0 Å². The highest BCUT2D eigenvalue weighted by Gasteiger charge is 2.40. The van der Waals surface area contributed by atoms with Gasteiger partial charge < -0.3 is 9.47 Å². The molecule has 2 fully saturated rings. The first-order valence-electron chi connectivity index (χ1n) is 7.25. The third kappa shape index (κ3) is 3.23. The van der Waals surface area contributed by atoms with Gasteiger partial charge in [0, 0.05) is 18.8 Å². The molecule has 0 N–H and O–H groups in total. The number of hydrogen-bond acceptors (Lipinski definition) is 4. The first-order valence-corrected chi connectivity index (χ1v) is 7.25. The fourth-order valence-corrected chi connectivity index (χ4v) is 3.21. The molecule has 4 nitrogen and oxygen atoms in total. The van der Waals surface area contributed by atoms with Crippen molar-refractivity contribution < 1.29 is 14.3 Å². The summed E-state index contributed by atoms with van der Waals surface area (Å²) in [6.07, 6.45) is 6.29. The molecule has 2 saturated heterocycles. The number of likely N-dealkylation sites (tertiary alicyclic amines) is 1. The highest BCUT2D eigenvalue weighted by Crippen LogP contribution is 2.34. The van der Waals surface area contributed by atoms with Crippen LogP contribution in [0.15, 0.2) is 0 Å². The van der Waals surface area contributed by atoms with E-state index < -0.39 is 0 Å². The number of ether oxygens (including phenoxy) is 2. The van der Waals surface area contributed by atoms with Crippen LogP contribution in [0.3, 0.4) is 0 Å². The van der Waals surface area contributed by atoms with Gasteiger partial charge in [-0.1, -0.05) is 6.42 Å². The Balaban J connectivity index is 2.03. The van der Waals surface area contributed by atoms with Crippen molar-refractivity contribution in [1.82, 2.24) is 4.90 Å². The number of hydrogen-bond donors (Lipinski definition) is 0. The Labute approximate surface area is 110 Å². The molecule has 0 spiro atoms. The lowest BCUT2D eigenvalue weighted by atomic mass is 9.83. The maximum absolute atomic E-state index is 11.9. The Morgan fingerprint density at radius 2 is 1.89 bits per heavy atom. The average Bonchev–Trinajstić information content (AvgIpc) is 2.41. The Bertz CT molecular complexity index is 268. The average molecular weight is 255 g/mol. The predicted octanol–water partition coefficient (Wildman–Crippen LogP) is 1.97. The Hall–Kier alpha value is -0.610. The quantitative estimate of drug-likeness (QED) is 0.720. The van der Waals surface area contributed by atoms with E-state index >= 15 is 0 Å². The molecule has 2 heterocycles. The van der Waals surface area contributed by atoms with E-state index in [0.29, 0.717) is 13.0 Å². The van der Waals surface area contributed by atoms with Crippen molar-refractivity contribution in [1.29, 1.82) is 0 Å². The van der Waals surface area contributed by atoms with Gasteiger partial charge in [0.05, 0.1) is 13.0 Å². The number of rotatable bonds is 4. The third-order valence-electron chi connectivity index (χ3n) is 4.23. The minimum Gasteiger partial charge on any atom is -0.466 e. The number of esters is 1. The maximum atomic E-state index is 11.9. The van der Waals surface area contributed by atoms with Crippen molar-refractivity contribution in [2.75, 3.05) is 32.9 Å². The van der Waals surface area contributed by atoms with Gasteiger partial charge in [0.2, 0.25) is 0 Å². The highest BCUT2D eigenvalue weighted by molar-refractivity contribution is 5.71. The van der Waals surface area contributed by atoms with Crippen LogP contribution in [-0.2, 0) is 14.3 Å². The van der Waals surface area contributed by atoms with Crippen LogP contribution in [-0.4, -0.2) is 49.3 Å². The molecule has 0 bridgehead atoms. The van der Waals surface area contributed by atoms with Crippen LogP contribution in [0.1, 0.15) is 45.4 Å². The Kier molecular flexibility index (Phi) is 5.01. The smallest absolute Gasteiger partial charge is 0.307 e.